The number of carbonyl (C=O) groups excluding carboxylic acids is 1. The molecule has 116 valence electrons. The van der Waals surface area contributed by atoms with Crippen molar-refractivity contribution < 1.29 is 9.90 Å². The second-order valence-corrected chi connectivity index (χ2v) is 5.90. The van der Waals surface area contributed by atoms with E-state index in [9.17, 15) is 9.90 Å². The van der Waals surface area contributed by atoms with Crippen LogP contribution in [0, 0.1) is 13.8 Å². The first kappa shape index (κ1) is 15.2. The van der Waals surface area contributed by atoms with Crippen LogP contribution in [0.4, 0.5) is 5.69 Å². The van der Waals surface area contributed by atoms with E-state index in [1.54, 1.807) is 24.3 Å². The van der Waals surface area contributed by atoms with E-state index >= 15 is 0 Å². The van der Waals surface area contributed by atoms with Crippen LogP contribution in [0.25, 0.3) is 6.08 Å². The van der Waals surface area contributed by atoms with Gasteiger partial charge in [-0.1, -0.05) is 29.8 Å². The van der Waals surface area contributed by atoms with Crippen molar-refractivity contribution >= 4 is 35.0 Å². The molecule has 1 heterocycles. The summed E-state index contributed by atoms with van der Waals surface area (Å²) in [5.41, 5.74) is 4.01. The van der Waals surface area contributed by atoms with Crippen LogP contribution < -0.4 is 10.2 Å². The fourth-order valence-corrected chi connectivity index (χ4v) is 2.88. The van der Waals surface area contributed by atoms with E-state index in [-0.39, 0.29) is 11.7 Å². The Kier molecular flexibility index (Phi) is 3.88. The lowest BCUT2D eigenvalue weighted by Gasteiger charge is -2.17. The first-order valence-electron chi connectivity index (χ1n) is 7.19. The van der Waals surface area contributed by atoms with Gasteiger partial charge in [0.05, 0.1) is 5.69 Å². The van der Waals surface area contributed by atoms with Crippen molar-refractivity contribution in [3.8, 4) is 5.75 Å². The Morgan fingerprint density at radius 3 is 2.65 bits per heavy atom. The largest absolute Gasteiger partial charge is 0.508 e. The molecular weight excluding hydrogens is 308 g/mol. The molecular formula is C18H16N2O2S. The number of nitrogens with one attached hydrogen (secondary N) is 1. The Morgan fingerprint density at radius 1 is 1.17 bits per heavy atom. The molecule has 0 aliphatic carbocycles. The number of hydrogen-bond acceptors (Lipinski definition) is 3. The van der Waals surface area contributed by atoms with Gasteiger partial charge in [0, 0.05) is 0 Å². The molecule has 4 nitrogen and oxygen atoms in total. The van der Waals surface area contributed by atoms with Gasteiger partial charge < -0.3 is 10.4 Å². The molecule has 23 heavy (non-hydrogen) atoms. The summed E-state index contributed by atoms with van der Waals surface area (Å²) in [6.07, 6.45) is 1.68. The van der Waals surface area contributed by atoms with Crippen molar-refractivity contribution in [1.82, 2.24) is 5.32 Å². The molecule has 1 aliphatic rings. The maximum Gasteiger partial charge on any atom is 0.281 e. The standard InChI is InChI=1S/C18H16N2O2S/c1-11-6-7-16(12(2)8-11)20-17(22)15(19-18(20)23)10-13-4-3-5-14(21)9-13/h3-10,21H,1-2H3,(H,19,23)/b15-10+. The van der Waals surface area contributed by atoms with Gasteiger partial charge in [-0.2, -0.15) is 0 Å². The van der Waals surface area contributed by atoms with Crippen molar-refractivity contribution in [2.45, 2.75) is 13.8 Å². The number of amides is 1. The Morgan fingerprint density at radius 2 is 1.96 bits per heavy atom. The second-order valence-electron chi connectivity index (χ2n) is 5.51. The average Bonchev–Trinajstić information content (AvgIpc) is 2.74. The number of rotatable bonds is 2. The number of benzene rings is 2. The van der Waals surface area contributed by atoms with Gasteiger partial charge in [0.25, 0.3) is 5.91 Å². The minimum atomic E-state index is -0.203. The van der Waals surface area contributed by atoms with Crippen molar-refractivity contribution in [2.75, 3.05) is 4.90 Å². The monoisotopic (exact) mass is 324 g/mol. The molecule has 0 unspecified atom stereocenters. The predicted molar refractivity (Wildman–Crippen MR) is 95.2 cm³/mol. The highest BCUT2D eigenvalue weighted by Gasteiger charge is 2.32. The molecule has 1 fully saturated rings. The van der Waals surface area contributed by atoms with Gasteiger partial charge in [0.2, 0.25) is 0 Å². The van der Waals surface area contributed by atoms with Crippen LogP contribution in [0.5, 0.6) is 5.75 Å². The first-order valence-corrected chi connectivity index (χ1v) is 7.60. The van der Waals surface area contributed by atoms with Crippen LogP contribution in [0.2, 0.25) is 0 Å². The van der Waals surface area contributed by atoms with Crippen LogP contribution in [0.3, 0.4) is 0 Å². The van der Waals surface area contributed by atoms with Crippen LogP contribution in [-0.4, -0.2) is 16.1 Å². The quantitative estimate of drug-likeness (QED) is 0.657. The van der Waals surface area contributed by atoms with E-state index < -0.39 is 0 Å². The van der Waals surface area contributed by atoms with E-state index in [0.717, 1.165) is 22.4 Å². The van der Waals surface area contributed by atoms with Gasteiger partial charge in [0.15, 0.2) is 5.11 Å². The lowest BCUT2D eigenvalue weighted by Crippen LogP contribution is -2.30. The number of thiocarbonyl (C=S) groups is 1. The highest BCUT2D eigenvalue weighted by Crippen LogP contribution is 2.26. The van der Waals surface area contributed by atoms with Gasteiger partial charge >= 0.3 is 0 Å². The van der Waals surface area contributed by atoms with Crippen LogP contribution in [0.1, 0.15) is 16.7 Å². The Balaban J connectivity index is 1.97. The van der Waals surface area contributed by atoms with Gasteiger partial charge in [-0.25, -0.2) is 0 Å². The van der Waals surface area contributed by atoms with Crippen LogP contribution in [0.15, 0.2) is 48.2 Å². The first-order chi connectivity index (χ1) is 11.0. The summed E-state index contributed by atoms with van der Waals surface area (Å²) < 4.78 is 0. The fraction of sp³-hybridized carbons (Fsp3) is 0.111. The summed E-state index contributed by atoms with van der Waals surface area (Å²) in [5, 5.41) is 12.8. The fourth-order valence-electron chi connectivity index (χ4n) is 2.59. The number of aromatic hydroxyl groups is 1. The number of aryl methyl sites for hydroxylation is 2. The molecule has 0 bridgehead atoms. The molecule has 0 radical (unpaired) electrons. The van der Waals surface area contributed by atoms with Crippen molar-refractivity contribution in [3.05, 3.63) is 64.9 Å². The van der Waals surface area contributed by atoms with Crippen molar-refractivity contribution in [1.29, 1.82) is 0 Å². The van der Waals surface area contributed by atoms with E-state index in [2.05, 4.69) is 5.32 Å². The number of hydrogen-bond donors (Lipinski definition) is 2. The zero-order valence-electron chi connectivity index (χ0n) is 12.8. The summed E-state index contributed by atoms with van der Waals surface area (Å²) in [7, 11) is 0. The highest BCUT2D eigenvalue weighted by atomic mass is 32.1. The molecule has 0 spiro atoms. The summed E-state index contributed by atoms with van der Waals surface area (Å²) in [6, 6.07) is 12.6. The Bertz CT molecular complexity index is 843. The maximum absolute atomic E-state index is 12.7. The molecule has 2 N–H and O–H groups in total. The third kappa shape index (κ3) is 2.96. The lowest BCUT2D eigenvalue weighted by atomic mass is 10.1. The summed E-state index contributed by atoms with van der Waals surface area (Å²) in [6.45, 7) is 3.96. The van der Waals surface area contributed by atoms with Crippen LogP contribution in [-0.2, 0) is 4.79 Å². The molecule has 2 aromatic carbocycles. The zero-order valence-corrected chi connectivity index (χ0v) is 13.6. The number of carbonyl (C=O) groups is 1. The molecule has 1 amide bonds. The number of phenols is 1. The Hall–Kier alpha value is -2.66. The third-order valence-electron chi connectivity index (χ3n) is 3.65. The van der Waals surface area contributed by atoms with E-state index in [1.807, 2.05) is 38.1 Å². The van der Waals surface area contributed by atoms with Gasteiger partial charge in [0.1, 0.15) is 11.4 Å². The predicted octanol–water partition coefficient (Wildman–Crippen LogP) is 3.27. The van der Waals surface area contributed by atoms with Crippen molar-refractivity contribution in [2.24, 2.45) is 0 Å². The van der Waals surface area contributed by atoms with Gasteiger partial charge in [-0.3, -0.25) is 9.69 Å². The molecule has 1 saturated heterocycles. The number of anilines is 1. The van der Waals surface area contributed by atoms with E-state index in [4.69, 9.17) is 12.2 Å². The summed E-state index contributed by atoms with van der Waals surface area (Å²) in [4.78, 5) is 14.2. The maximum atomic E-state index is 12.7. The third-order valence-corrected chi connectivity index (χ3v) is 3.94. The SMILES string of the molecule is Cc1ccc(N2C(=O)/C(=C\c3cccc(O)c3)NC2=S)c(C)c1. The van der Waals surface area contributed by atoms with E-state index in [0.29, 0.717) is 10.8 Å². The summed E-state index contributed by atoms with van der Waals surface area (Å²) >= 11 is 5.31. The minimum absolute atomic E-state index is 0.151. The highest BCUT2D eigenvalue weighted by molar-refractivity contribution is 7.80. The molecule has 3 rings (SSSR count). The smallest absolute Gasteiger partial charge is 0.281 e. The summed E-state index contributed by atoms with van der Waals surface area (Å²) in [5.74, 6) is -0.0519. The van der Waals surface area contributed by atoms with E-state index in [1.165, 1.54) is 4.90 Å². The molecule has 5 heteroatoms. The normalized spacial score (nSPS) is 16.1. The minimum Gasteiger partial charge on any atom is -0.508 e. The zero-order chi connectivity index (χ0) is 16.6. The van der Waals surface area contributed by atoms with Gasteiger partial charge in [-0.05, 0) is 61.5 Å². The van der Waals surface area contributed by atoms with Gasteiger partial charge in [-0.15, -0.1) is 0 Å². The average molecular weight is 324 g/mol. The molecule has 2 aromatic rings. The molecule has 0 atom stereocenters. The number of nitrogens with zero attached hydrogens (tertiary/aromatic N) is 1. The van der Waals surface area contributed by atoms with Crippen LogP contribution >= 0.6 is 12.2 Å². The molecule has 1 aliphatic heterocycles. The van der Waals surface area contributed by atoms with Crippen molar-refractivity contribution in [3.63, 3.8) is 0 Å². The second kappa shape index (κ2) is 5.85. The topological polar surface area (TPSA) is 52.6 Å². The Labute approximate surface area is 140 Å². The molecule has 0 saturated carbocycles. The lowest BCUT2D eigenvalue weighted by molar-refractivity contribution is -0.113. The molecule has 0 aromatic heterocycles. The number of phenolic OH excluding ortho intramolecular Hbond substituents is 1.